The summed E-state index contributed by atoms with van der Waals surface area (Å²) in [7, 11) is 1.44. The van der Waals surface area contributed by atoms with Gasteiger partial charge in [-0.1, -0.05) is 30.3 Å². The van der Waals surface area contributed by atoms with Crippen molar-refractivity contribution in [2.75, 3.05) is 7.05 Å². The molecule has 19 heavy (non-hydrogen) atoms. The van der Waals surface area contributed by atoms with Crippen molar-refractivity contribution in [2.45, 2.75) is 19.1 Å². The Morgan fingerprint density at radius 1 is 1.32 bits per heavy atom. The average Bonchev–Trinajstić information content (AvgIpc) is 2.45. The third-order valence-corrected chi connectivity index (χ3v) is 2.32. The van der Waals surface area contributed by atoms with E-state index < -0.39 is 12.1 Å². The first-order valence-corrected chi connectivity index (χ1v) is 5.71. The van der Waals surface area contributed by atoms with E-state index in [0.717, 1.165) is 5.56 Å². The van der Waals surface area contributed by atoms with Crippen LogP contribution in [0.1, 0.15) is 12.0 Å². The molecule has 1 unspecified atom stereocenters. The molecule has 0 aliphatic rings. The van der Waals surface area contributed by atoms with E-state index in [1.54, 1.807) is 18.4 Å². The smallest absolute Gasteiger partial charge is 0.408 e. The Morgan fingerprint density at radius 2 is 2.00 bits per heavy atom. The highest BCUT2D eigenvalue weighted by molar-refractivity contribution is 5.82. The van der Waals surface area contributed by atoms with Crippen molar-refractivity contribution in [1.29, 1.82) is 0 Å². The molecule has 0 spiro atoms. The normalized spacial score (nSPS) is 11.2. The van der Waals surface area contributed by atoms with Gasteiger partial charge in [-0.05, 0) is 5.56 Å². The molecule has 1 aromatic carbocycles. The van der Waals surface area contributed by atoms with E-state index >= 15 is 0 Å². The zero-order chi connectivity index (χ0) is 14.1. The summed E-state index contributed by atoms with van der Waals surface area (Å²) in [6.45, 7) is 0.0955. The number of alkyl carbamates (subject to hydrolysis) is 1. The highest BCUT2D eigenvalue weighted by Crippen LogP contribution is 2.01. The second-order valence-electron chi connectivity index (χ2n) is 3.75. The van der Waals surface area contributed by atoms with Gasteiger partial charge in [-0.3, -0.25) is 9.59 Å². The molecule has 0 saturated heterocycles. The molecule has 2 N–H and O–H groups in total. The summed E-state index contributed by atoms with van der Waals surface area (Å²) in [5.41, 5.74) is 0.829. The zero-order valence-electron chi connectivity index (χ0n) is 10.5. The number of amides is 2. The van der Waals surface area contributed by atoms with Crippen LogP contribution in [0.15, 0.2) is 30.3 Å². The maximum Gasteiger partial charge on any atom is 0.408 e. The first kappa shape index (κ1) is 14.7. The number of ether oxygens (including phenoxy) is 1. The van der Waals surface area contributed by atoms with Crippen molar-refractivity contribution < 1.29 is 19.1 Å². The molecule has 0 aliphatic carbocycles. The van der Waals surface area contributed by atoms with Crippen LogP contribution < -0.4 is 10.6 Å². The molecule has 0 saturated carbocycles. The van der Waals surface area contributed by atoms with Crippen LogP contribution in [0.25, 0.3) is 0 Å². The van der Waals surface area contributed by atoms with Crippen LogP contribution in [0.4, 0.5) is 4.79 Å². The number of carbonyl (C=O) groups is 2. The fraction of sp³-hybridized carbons (Fsp3) is 0.308. The predicted molar refractivity (Wildman–Crippen MR) is 67.9 cm³/mol. The third kappa shape index (κ3) is 5.67. The molecule has 2 amide bonds. The molecule has 6 nitrogen and oxygen atoms in total. The minimum absolute atomic E-state index is 0.0955. The molecule has 101 valence electrons. The van der Waals surface area contributed by atoms with Gasteiger partial charge in [0.15, 0.2) is 0 Å². The van der Waals surface area contributed by atoms with Crippen molar-refractivity contribution in [1.82, 2.24) is 10.6 Å². The number of carbonyl (C=O) groups excluding carboxylic acids is 3. The minimum Gasteiger partial charge on any atom is -0.445 e. The molecule has 0 bridgehead atoms. The summed E-state index contributed by atoms with van der Waals surface area (Å²) >= 11 is 0. The van der Waals surface area contributed by atoms with Gasteiger partial charge in [-0.25, -0.2) is 4.79 Å². The lowest BCUT2D eigenvalue weighted by Crippen LogP contribution is -2.39. The van der Waals surface area contributed by atoms with Crippen LogP contribution in [0.2, 0.25) is 0 Å². The van der Waals surface area contributed by atoms with E-state index in [0.29, 0.717) is 0 Å². The van der Waals surface area contributed by atoms with Gasteiger partial charge in [0.25, 0.3) is 0 Å². The molecule has 0 heterocycles. The number of nitrogens with one attached hydrogen (secondary N) is 2. The van der Waals surface area contributed by atoms with Crippen LogP contribution in [-0.2, 0) is 20.9 Å². The van der Waals surface area contributed by atoms with E-state index in [9.17, 15) is 14.4 Å². The highest BCUT2D eigenvalue weighted by atomic mass is 16.5. The van der Waals surface area contributed by atoms with Gasteiger partial charge in [0.05, 0.1) is 6.42 Å². The summed E-state index contributed by atoms with van der Waals surface area (Å²) in [5, 5.41) is 4.61. The quantitative estimate of drug-likeness (QED) is 0.784. The summed E-state index contributed by atoms with van der Waals surface area (Å²) in [4.78, 5) is 33.1. The van der Waals surface area contributed by atoms with Gasteiger partial charge in [-0.2, -0.15) is 0 Å². The lowest BCUT2D eigenvalue weighted by molar-refractivity contribution is -0.120. The van der Waals surface area contributed by atoms with Crippen LogP contribution >= 0.6 is 0 Å². The third-order valence-electron chi connectivity index (χ3n) is 2.32. The Kier molecular flexibility index (Phi) is 6.08. The molecule has 1 radical (unpaired) electrons. The van der Waals surface area contributed by atoms with Gasteiger partial charge >= 0.3 is 6.09 Å². The SMILES string of the molecule is CNC(=O)CC([C]=O)NC(=O)OCc1ccccc1. The van der Waals surface area contributed by atoms with Crippen LogP contribution in [0.5, 0.6) is 0 Å². The summed E-state index contributed by atoms with van der Waals surface area (Å²) < 4.78 is 4.91. The van der Waals surface area contributed by atoms with E-state index in [1.807, 2.05) is 18.2 Å². The zero-order valence-corrected chi connectivity index (χ0v) is 10.5. The van der Waals surface area contributed by atoms with Crippen molar-refractivity contribution >= 4 is 18.3 Å². The summed E-state index contributed by atoms with van der Waals surface area (Å²) in [5.74, 6) is -0.364. The van der Waals surface area contributed by atoms with Crippen LogP contribution in [-0.4, -0.2) is 31.4 Å². The Hall–Kier alpha value is -2.37. The lowest BCUT2D eigenvalue weighted by Gasteiger charge is -2.11. The topological polar surface area (TPSA) is 84.5 Å². The first-order valence-electron chi connectivity index (χ1n) is 5.71. The van der Waals surface area contributed by atoms with Gasteiger partial charge in [0.2, 0.25) is 12.2 Å². The second-order valence-corrected chi connectivity index (χ2v) is 3.75. The average molecular weight is 263 g/mol. The molecule has 1 rings (SSSR count). The molecule has 6 heteroatoms. The van der Waals surface area contributed by atoms with Crippen molar-refractivity contribution in [2.24, 2.45) is 0 Å². The van der Waals surface area contributed by atoms with Crippen molar-refractivity contribution in [3.63, 3.8) is 0 Å². The summed E-state index contributed by atoms with van der Waals surface area (Å²) in [6, 6.07) is 8.10. The van der Waals surface area contributed by atoms with Crippen molar-refractivity contribution in [3.05, 3.63) is 35.9 Å². The monoisotopic (exact) mass is 263 g/mol. The second kappa shape index (κ2) is 7.86. The van der Waals surface area contributed by atoms with E-state index in [-0.39, 0.29) is 18.9 Å². The molecule has 1 aromatic rings. The van der Waals surface area contributed by atoms with Gasteiger partial charge in [0, 0.05) is 7.05 Å². The van der Waals surface area contributed by atoms with E-state index in [2.05, 4.69) is 10.6 Å². The molecule has 0 aromatic heterocycles. The van der Waals surface area contributed by atoms with Gasteiger partial charge < -0.3 is 15.4 Å². The maximum atomic E-state index is 11.4. The minimum atomic E-state index is -1.01. The number of hydrogen-bond acceptors (Lipinski definition) is 4. The summed E-state index contributed by atoms with van der Waals surface area (Å²) in [6.07, 6.45) is 0.644. The highest BCUT2D eigenvalue weighted by Gasteiger charge is 2.16. The van der Waals surface area contributed by atoms with Gasteiger partial charge in [-0.15, -0.1) is 0 Å². The lowest BCUT2D eigenvalue weighted by atomic mass is 10.2. The maximum absolute atomic E-state index is 11.4. The molecular weight excluding hydrogens is 248 g/mol. The van der Waals surface area contributed by atoms with Crippen molar-refractivity contribution in [3.8, 4) is 0 Å². The molecule has 0 fully saturated rings. The Bertz CT molecular complexity index is 434. The fourth-order valence-corrected chi connectivity index (χ4v) is 1.32. The number of hydrogen-bond donors (Lipinski definition) is 2. The van der Waals surface area contributed by atoms with E-state index in [4.69, 9.17) is 4.74 Å². The predicted octanol–water partition coefficient (Wildman–Crippen LogP) is 0.527. The molecular formula is C13H15N2O4. The number of rotatable bonds is 6. The fourth-order valence-electron chi connectivity index (χ4n) is 1.32. The Balaban J connectivity index is 2.37. The first-order chi connectivity index (χ1) is 9.15. The Morgan fingerprint density at radius 3 is 2.58 bits per heavy atom. The number of benzene rings is 1. The Labute approximate surface area is 111 Å². The molecule has 0 aliphatic heterocycles. The largest absolute Gasteiger partial charge is 0.445 e. The van der Waals surface area contributed by atoms with Crippen LogP contribution in [0.3, 0.4) is 0 Å². The van der Waals surface area contributed by atoms with E-state index in [1.165, 1.54) is 7.05 Å². The molecule has 1 atom stereocenters. The van der Waals surface area contributed by atoms with Crippen LogP contribution in [0, 0.1) is 0 Å². The van der Waals surface area contributed by atoms with Gasteiger partial charge in [0.1, 0.15) is 12.6 Å². The standard InChI is InChI=1S/C13H15N2O4/c1-14-12(17)7-11(8-16)15-13(18)19-9-10-5-3-2-4-6-10/h2-6,11H,7,9H2,1H3,(H,14,17)(H,15,18).